The van der Waals surface area contributed by atoms with Crippen molar-refractivity contribution in [3.63, 3.8) is 0 Å². The highest BCUT2D eigenvalue weighted by molar-refractivity contribution is 7.21. The second kappa shape index (κ2) is 11.4. The number of methoxy groups -OCH3 is 1. The molecule has 0 bridgehead atoms. The Morgan fingerprint density at radius 3 is 2.71 bits per heavy atom. The van der Waals surface area contributed by atoms with Crippen molar-refractivity contribution in [2.75, 3.05) is 51.3 Å². The van der Waals surface area contributed by atoms with Crippen molar-refractivity contribution in [1.82, 2.24) is 9.47 Å². The van der Waals surface area contributed by atoms with Crippen LogP contribution in [0.3, 0.4) is 0 Å². The average molecular weight is 536 g/mol. The van der Waals surface area contributed by atoms with Gasteiger partial charge in [-0.2, -0.15) is 0 Å². The lowest BCUT2D eigenvalue weighted by molar-refractivity contribution is 0.0702. The lowest BCUT2D eigenvalue weighted by atomic mass is 9.83. The molecule has 1 N–H and O–H groups in total. The summed E-state index contributed by atoms with van der Waals surface area (Å²) in [6, 6.07) is 10.9. The second-order valence-corrected chi connectivity index (χ2v) is 12.5. The van der Waals surface area contributed by atoms with Crippen LogP contribution >= 0.6 is 11.3 Å². The number of aromatic nitrogens is 1. The highest BCUT2D eigenvalue weighted by Gasteiger charge is 2.32. The van der Waals surface area contributed by atoms with E-state index >= 15 is 0 Å². The maximum absolute atomic E-state index is 11.9. The van der Waals surface area contributed by atoms with E-state index in [1.807, 2.05) is 6.07 Å². The van der Waals surface area contributed by atoms with Gasteiger partial charge < -0.3 is 24.2 Å². The SMILES string of the molecule is COCC[C@@H]1CCCN(CCN2CCn3c(c(C4CCCCC4)c4sc(C(=O)O)cc43)-c3ccccc32)C1. The van der Waals surface area contributed by atoms with Crippen LogP contribution in [0.1, 0.15) is 72.5 Å². The molecule has 6 nitrogen and oxygen atoms in total. The molecular formula is C31H41N3O3S. The third-order valence-electron chi connectivity index (χ3n) is 9.11. The van der Waals surface area contributed by atoms with Crippen molar-refractivity contribution in [3.05, 3.63) is 40.8 Å². The van der Waals surface area contributed by atoms with Crippen molar-refractivity contribution in [2.45, 2.75) is 63.8 Å². The number of fused-ring (bicyclic) bond motifs is 5. The first-order valence-electron chi connectivity index (χ1n) is 14.6. The van der Waals surface area contributed by atoms with E-state index in [1.165, 1.54) is 96.6 Å². The molecule has 2 aromatic heterocycles. The molecule has 0 radical (unpaired) electrons. The van der Waals surface area contributed by atoms with Crippen molar-refractivity contribution in [2.24, 2.45) is 5.92 Å². The number of hydrogen-bond acceptors (Lipinski definition) is 5. The largest absolute Gasteiger partial charge is 0.477 e. The Kier molecular flexibility index (Phi) is 7.77. The van der Waals surface area contributed by atoms with E-state index in [9.17, 15) is 9.90 Å². The molecule has 1 atom stereocenters. The Labute approximate surface area is 230 Å². The smallest absolute Gasteiger partial charge is 0.345 e. The highest BCUT2D eigenvalue weighted by Crippen LogP contribution is 2.49. The fourth-order valence-corrected chi connectivity index (χ4v) is 8.33. The van der Waals surface area contributed by atoms with E-state index in [0.717, 1.165) is 50.6 Å². The maximum Gasteiger partial charge on any atom is 0.345 e. The van der Waals surface area contributed by atoms with Crippen molar-refractivity contribution in [1.29, 1.82) is 0 Å². The number of likely N-dealkylation sites (tertiary alicyclic amines) is 1. The van der Waals surface area contributed by atoms with E-state index in [1.54, 1.807) is 7.11 Å². The number of nitrogens with zero attached hydrogens (tertiary/aromatic N) is 3. The number of benzene rings is 1. The van der Waals surface area contributed by atoms with Crippen molar-refractivity contribution >= 4 is 33.2 Å². The summed E-state index contributed by atoms with van der Waals surface area (Å²) in [5.74, 6) is 0.449. The van der Waals surface area contributed by atoms with Gasteiger partial charge >= 0.3 is 5.97 Å². The number of aromatic carboxylic acids is 1. The molecule has 3 aliphatic rings. The molecule has 2 fully saturated rings. The van der Waals surface area contributed by atoms with Gasteiger partial charge in [-0.05, 0) is 68.2 Å². The molecule has 204 valence electrons. The minimum Gasteiger partial charge on any atom is -0.477 e. The van der Waals surface area contributed by atoms with E-state index < -0.39 is 5.97 Å². The Morgan fingerprint density at radius 2 is 1.89 bits per heavy atom. The molecule has 1 aliphatic carbocycles. The second-order valence-electron chi connectivity index (χ2n) is 11.5. The number of thiophene rings is 1. The molecule has 6 rings (SSSR count). The molecule has 3 aromatic rings. The summed E-state index contributed by atoms with van der Waals surface area (Å²) in [4.78, 5) is 17.6. The summed E-state index contributed by atoms with van der Waals surface area (Å²) in [5, 5.41) is 9.81. The first kappa shape index (κ1) is 25.9. The lowest BCUT2D eigenvalue weighted by Crippen LogP contribution is -2.41. The van der Waals surface area contributed by atoms with Gasteiger partial charge in [0.1, 0.15) is 4.88 Å². The van der Waals surface area contributed by atoms with Gasteiger partial charge in [0.15, 0.2) is 0 Å². The van der Waals surface area contributed by atoms with Crippen LogP contribution in [0.25, 0.3) is 21.5 Å². The Morgan fingerprint density at radius 1 is 1.05 bits per heavy atom. The molecule has 2 aliphatic heterocycles. The monoisotopic (exact) mass is 535 g/mol. The van der Waals surface area contributed by atoms with Gasteiger partial charge in [-0.3, -0.25) is 0 Å². The Balaban J connectivity index is 1.33. The average Bonchev–Trinajstić information content (AvgIpc) is 3.46. The number of carbonyl (C=O) groups is 1. The predicted molar refractivity (Wildman–Crippen MR) is 156 cm³/mol. The zero-order chi connectivity index (χ0) is 26.1. The summed E-state index contributed by atoms with van der Waals surface area (Å²) in [6.45, 7) is 7.16. The van der Waals surface area contributed by atoms with E-state index in [0.29, 0.717) is 10.8 Å². The van der Waals surface area contributed by atoms with Gasteiger partial charge in [-0.25, -0.2) is 4.79 Å². The molecule has 0 spiro atoms. The van der Waals surface area contributed by atoms with E-state index in [2.05, 4.69) is 38.6 Å². The summed E-state index contributed by atoms with van der Waals surface area (Å²) < 4.78 is 9.02. The minimum absolute atomic E-state index is 0.463. The third-order valence-corrected chi connectivity index (χ3v) is 10.3. The van der Waals surface area contributed by atoms with Gasteiger partial charge in [0.2, 0.25) is 0 Å². The number of rotatable bonds is 8. The Bertz CT molecular complexity index is 1270. The number of anilines is 1. The Hall–Kier alpha value is -2.35. The van der Waals surface area contributed by atoms with Gasteiger partial charge in [0.05, 0.1) is 15.9 Å². The van der Waals surface area contributed by atoms with Crippen LogP contribution in [-0.4, -0.2) is 67.0 Å². The number of carboxylic acid groups (broad SMARTS) is 1. The molecule has 7 heteroatoms. The fourth-order valence-electron chi connectivity index (χ4n) is 7.21. The van der Waals surface area contributed by atoms with Crippen LogP contribution in [0.15, 0.2) is 30.3 Å². The van der Waals surface area contributed by atoms with Crippen LogP contribution in [-0.2, 0) is 11.3 Å². The van der Waals surface area contributed by atoms with Crippen LogP contribution in [0.5, 0.6) is 0 Å². The van der Waals surface area contributed by atoms with Gasteiger partial charge in [-0.1, -0.05) is 37.5 Å². The third kappa shape index (κ3) is 5.01. The summed E-state index contributed by atoms with van der Waals surface area (Å²) >= 11 is 1.49. The fraction of sp³-hybridized carbons (Fsp3) is 0.581. The number of ether oxygens (including phenoxy) is 1. The van der Waals surface area contributed by atoms with Crippen LogP contribution < -0.4 is 4.90 Å². The van der Waals surface area contributed by atoms with Crippen LogP contribution in [0.2, 0.25) is 0 Å². The minimum atomic E-state index is -0.809. The van der Waals surface area contributed by atoms with Crippen molar-refractivity contribution in [3.8, 4) is 11.3 Å². The molecule has 1 saturated carbocycles. The van der Waals surface area contributed by atoms with Gasteiger partial charge in [-0.15, -0.1) is 11.3 Å². The van der Waals surface area contributed by atoms with E-state index in [4.69, 9.17) is 4.74 Å². The topological polar surface area (TPSA) is 57.9 Å². The maximum atomic E-state index is 11.9. The van der Waals surface area contributed by atoms with Crippen LogP contribution in [0, 0.1) is 5.92 Å². The van der Waals surface area contributed by atoms with Crippen molar-refractivity contribution < 1.29 is 14.6 Å². The molecule has 1 aromatic carbocycles. The zero-order valence-corrected chi connectivity index (χ0v) is 23.5. The molecule has 4 heterocycles. The predicted octanol–water partition coefficient (Wildman–Crippen LogP) is 6.68. The molecule has 0 unspecified atom stereocenters. The number of piperidine rings is 1. The van der Waals surface area contributed by atoms with Gasteiger partial charge in [0, 0.05) is 57.7 Å². The summed E-state index contributed by atoms with van der Waals surface area (Å²) in [6.07, 6.45) is 10.0. The normalized spacial score (nSPS) is 20.9. The molecule has 38 heavy (non-hydrogen) atoms. The first-order valence-corrected chi connectivity index (χ1v) is 15.4. The number of hydrogen-bond donors (Lipinski definition) is 1. The number of carboxylic acids is 1. The molecule has 1 saturated heterocycles. The zero-order valence-electron chi connectivity index (χ0n) is 22.7. The standard InChI is InChI=1S/C31H41N3O3S/c1-37-19-13-22-8-7-14-32(21-22)15-16-33-17-18-34-26-20-27(31(35)36)38-30(26)28(23-9-3-2-4-10-23)29(34)24-11-5-6-12-25(24)33/h5-6,11-12,20,22-23H,2-4,7-10,13-19,21H2,1H3,(H,35,36)/t22-/m0/s1. The van der Waals surface area contributed by atoms with Gasteiger partial charge in [0.25, 0.3) is 0 Å². The van der Waals surface area contributed by atoms with E-state index in [-0.39, 0.29) is 0 Å². The quantitative estimate of drug-likeness (QED) is 0.349. The van der Waals surface area contributed by atoms with Crippen LogP contribution in [0.4, 0.5) is 5.69 Å². The summed E-state index contributed by atoms with van der Waals surface area (Å²) in [5.41, 5.74) is 6.55. The first-order chi connectivity index (χ1) is 18.6. The summed E-state index contributed by atoms with van der Waals surface area (Å²) in [7, 11) is 1.80. The number of para-hydroxylation sites is 1. The highest BCUT2D eigenvalue weighted by atomic mass is 32.1. The molecular weight excluding hydrogens is 494 g/mol. The lowest BCUT2D eigenvalue weighted by Gasteiger charge is -2.35. The molecule has 0 amide bonds.